The molecule has 3 N–H and O–H groups in total. The summed E-state index contributed by atoms with van der Waals surface area (Å²) in [5.74, 6) is -1.98. The summed E-state index contributed by atoms with van der Waals surface area (Å²) in [5.41, 5.74) is 0.340. The first-order valence-electron chi connectivity index (χ1n) is 7.22. The van der Waals surface area contributed by atoms with Crippen molar-refractivity contribution in [2.45, 2.75) is 45.1 Å². The largest absolute Gasteiger partial charge is 0.481 e. The van der Waals surface area contributed by atoms with Gasteiger partial charge in [0.05, 0.1) is 5.92 Å². The summed E-state index contributed by atoms with van der Waals surface area (Å²) < 4.78 is 0. The van der Waals surface area contributed by atoms with E-state index in [2.05, 4.69) is 10.3 Å². The van der Waals surface area contributed by atoms with Crippen LogP contribution in [0.3, 0.4) is 0 Å². The predicted octanol–water partition coefficient (Wildman–Crippen LogP) is 1.45. The predicted molar refractivity (Wildman–Crippen MR) is 77.3 cm³/mol. The normalized spacial score (nSPS) is 22.3. The molecule has 0 saturated heterocycles. The number of aryl methyl sites for hydroxylation is 1. The molecule has 2 rings (SSSR count). The maximum absolute atomic E-state index is 12.2. The van der Waals surface area contributed by atoms with E-state index in [-0.39, 0.29) is 11.0 Å². The highest BCUT2D eigenvalue weighted by molar-refractivity contribution is 5.94. The van der Waals surface area contributed by atoms with E-state index in [4.69, 9.17) is 0 Å². The molecule has 1 aliphatic rings. The summed E-state index contributed by atoms with van der Waals surface area (Å²) in [6.45, 7) is 1.73. The number of nitrogens with one attached hydrogen (secondary N) is 2. The quantitative estimate of drug-likeness (QED) is 0.734. The highest BCUT2D eigenvalue weighted by atomic mass is 16.4. The molecule has 1 saturated carbocycles. The highest BCUT2D eigenvalue weighted by Crippen LogP contribution is 2.24. The molecule has 0 aliphatic heterocycles. The third kappa shape index (κ3) is 3.71. The summed E-state index contributed by atoms with van der Waals surface area (Å²) in [7, 11) is 0. The van der Waals surface area contributed by atoms with Crippen molar-refractivity contribution in [2.75, 3.05) is 0 Å². The Balaban J connectivity index is 2.16. The lowest BCUT2D eigenvalue weighted by Crippen LogP contribution is -2.44. The second-order valence-corrected chi connectivity index (χ2v) is 5.56. The van der Waals surface area contributed by atoms with Crippen LogP contribution in [0.5, 0.6) is 0 Å². The second-order valence-electron chi connectivity index (χ2n) is 5.56. The van der Waals surface area contributed by atoms with Crippen molar-refractivity contribution in [1.82, 2.24) is 10.3 Å². The number of amides is 1. The van der Waals surface area contributed by atoms with Crippen LogP contribution in [0.15, 0.2) is 17.1 Å². The first-order valence-corrected chi connectivity index (χ1v) is 7.22. The number of carboxylic acid groups (broad SMARTS) is 1. The molecule has 0 radical (unpaired) electrons. The molecular formula is C15H20N2O4. The molecule has 1 fully saturated rings. The van der Waals surface area contributed by atoms with E-state index in [9.17, 15) is 19.5 Å². The van der Waals surface area contributed by atoms with E-state index in [0.29, 0.717) is 18.5 Å². The van der Waals surface area contributed by atoms with Gasteiger partial charge in [-0.05, 0) is 19.8 Å². The number of carboxylic acids is 1. The molecule has 21 heavy (non-hydrogen) atoms. The van der Waals surface area contributed by atoms with Crippen molar-refractivity contribution in [3.8, 4) is 0 Å². The van der Waals surface area contributed by atoms with Crippen LogP contribution in [-0.2, 0) is 4.79 Å². The lowest BCUT2D eigenvalue weighted by molar-refractivity contribution is -0.142. The van der Waals surface area contributed by atoms with E-state index < -0.39 is 23.8 Å². The number of hydrogen-bond acceptors (Lipinski definition) is 3. The summed E-state index contributed by atoms with van der Waals surface area (Å²) >= 11 is 0. The van der Waals surface area contributed by atoms with Gasteiger partial charge in [0.15, 0.2) is 5.43 Å². The van der Waals surface area contributed by atoms with E-state index in [1.807, 2.05) is 0 Å². The smallest absolute Gasteiger partial charge is 0.308 e. The number of hydrogen-bond donors (Lipinski definition) is 3. The van der Waals surface area contributed by atoms with Crippen LogP contribution in [0.1, 0.15) is 48.2 Å². The number of rotatable bonds is 3. The lowest BCUT2D eigenvalue weighted by atomic mass is 9.94. The van der Waals surface area contributed by atoms with Crippen LogP contribution in [-0.4, -0.2) is 28.0 Å². The van der Waals surface area contributed by atoms with Gasteiger partial charge in [0.2, 0.25) is 0 Å². The zero-order valence-electron chi connectivity index (χ0n) is 12.0. The molecule has 1 amide bonds. The van der Waals surface area contributed by atoms with Crippen molar-refractivity contribution in [1.29, 1.82) is 0 Å². The van der Waals surface area contributed by atoms with E-state index in [0.717, 1.165) is 19.3 Å². The van der Waals surface area contributed by atoms with E-state index >= 15 is 0 Å². The molecule has 1 heterocycles. The minimum absolute atomic E-state index is 0.0222. The molecular weight excluding hydrogens is 272 g/mol. The second kappa shape index (κ2) is 6.56. The summed E-state index contributed by atoms with van der Waals surface area (Å²) in [5, 5.41) is 12.0. The molecule has 2 atom stereocenters. The third-order valence-corrected chi connectivity index (χ3v) is 3.95. The molecule has 2 unspecified atom stereocenters. The number of pyridine rings is 1. The summed E-state index contributed by atoms with van der Waals surface area (Å²) in [6.07, 6.45) is 5.28. The maximum Gasteiger partial charge on any atom is 0.308 e. The van der Waals surface area contributed by atoms with Gasteiger partial charge in [-0.2, -0.15) is 0 Å². The number of aromatic nitrogens is 1. The lowest BCUT2D eigenvalue weighted by Gasteiger charge is -2.22. The Morgan fingerprint density at radius 3 is 2.67 bits per heavy atom. The molecule has 114 valence electrons. The number of carbonyl (C=O) groups excluding carboxylic acids is 1. The summed E-state index contributed by atoms with van der Waals surface area (Å²) in [4.78, 5) is 38.2. The van der Waals surface area contributed by atoms with Gasteiger partial charge >= 0.3 is 5.97 Å². The topological polar surface area (TPSA) is 99.3 Å². The zero-order chi connectivity index (χ0) is 15.4. The fraction of sp³-hybridized carbons (Fsp3) is 0.533. The molecule has 0 aromatic carbocycles. The van der Waals surface area contributed by atoms with Crippen LogP contribution >= 0.6 is 0 Å². The van der Waals surface area contributed by atoms with Gasteiger partial charge in [-0.25, -0.2) is 0 Å². The Hall–Kier alpha value is -2.11. The first kappa shape index (κ1) is 15.3. The Morgan fingerprint density at radius 1 is 1.29 bits per heavy atom. The van der Waals surface area contributed by atoms with Crippen molar-refractivity contribution in [2.24, 2.45) is 5.92 Å². The molecule has 0 bridgehead atoms. The van der Waals surface area contributed by atoms with Gasteiger partial charge in [0, 0.05) is 24.0 Å². The Morgan fingerprint density at radius 2 is 2.00 bits per heavy atom. The van der Waals surface area contributed by atoms with E-state index in [1.54, 1.807) is 6.92 Å². The molecule has 0 spiro atoms. The minimum Gasteiger partial charge on any atom is -0.481 e. The monoisotopic (exact) mass is 292 g/mol. The molecule has 1 aliphatic carbocycles. The zero-order valence-corrected chi connectivity index (χ0v) is 12.0. The van der Waals surface area contributed by atoms with Crippen molar-refractivity contribution >= 4 is 11.9 Å². The van der Waals surface area contributed by atoms with Crippen LogP contribution in [0, 0.1) is 12.8 Å². The van der Waals surface area contributed by atoms with Gasteiger partial charge < -0.3 is 15.4 Å². The average molecular weight is 292 g/mol. The SMILES string of the molecule is Cc1cc(=O)c(C(=O)NC2CCCCCC2C(=O)O)c[nH]1. The van der Waals surface area contributed by atoms with E-state index in [1.165, 1.54) is 12.3 Å². The third-order valence-electron chi connectivity index (χ3n) is 3.95. The molecule has 6 nitrogen and oxygen atoms in total. The van der Waals surface area contributed by atoms with Crippen LogP contribution < -0.4 is 10.7 Å². The van der Waals surface area contributed by atoms with Gasteiger partial charge in [-0.15, -0.1) is 0 Å². The number of carbonyl (C=O) groups is 2. The van der Waals surface area contributed by atoms with Crippen molar-refractivity contribution < 1.29 is 14.7 Å². The van der Waals surface area contributed by atoms with Crippen molar-refractivity contribution in [3.05, 3.63) is 33.7 Å². The van der Waals surface area contributed by atoms with Crippen LogP contribution in [0.2, 0.25) is 0 Å². The average Bonchev–Trinajstić information content (AvgIpc) is 2.63. The van der Waals surface area contributed by atoms with Crippen LogP contribution in [0.25, 0.3) is 0 Å². The fourth-order valence-corrected chi connectivity index (χ4v) is 2.77. The standard InChI is InChI=1S/C15H20N2O4/c1-9-7-13(18)11(8-16-9)14(19)17-12-6-4-2-3-5-10(12)15(20)21/h7-8,10,12H,2-6H2,1H3,(H,16,18)(H,17,19)(H,20,21). The van der Waals surface area contributed by atoms with Crippen LogP contribution in [0.4, 0.5) is 0 Å². The molecule has 1 aromatic heterocycles. The Labute approximate surface area is 122 Å². The minimum atomic E-state index is -0.889. The van der Waals surface area contributed by atoms with Gasteiger partial charge in [-0.1, -0.05) is 19.3 Å². The number of aliphatic carboxylic acids is 1. The summed E-state index contributed by atoms with van der Waals surface area (Å²) in [6, 6.07) is 0.939. The fourth-order valence-electron chi connectivity index (χ4n) is 2.77. The Bertz CT molecular complexity index is 594. The van der Waals surface area contributed by atoms with Gasteiger partial charge in [0.1, 0.15) is 5.56 Å². The first-order chi connectivity index (χ1) is 9.99. The molecule has 1 aromatic rings. The Kier molecular flexibility index (Phi) is 4.77. The number of H-pyrrole nitrogens is 1. The molecule has 6 heteroatoms. The number of aromatic amines is 1. The van der Waals surface area contributed by atoms with Gasteiger partial charge in [-0.3, -0.25) is 14.4 Å². The highest BCUT2D eigenvalue weighted by Gasteiger charge is 2.31. The maximum atomic E-state index is 12.2. The van der Waals surface area contributed by atoms with Gasteiger partial charge in [0.25, 0.3) is 5.91 Å². The van der Waals surface area contributed by atoms with Crippen molar-refractivity contribution in [3.63, 3.8) is 0 Å².